The van der Waals surface area contributed by atoms with Crippen molar-refractivity contribution in [3.05, 3.63) is 127 Å². The minimum absolute atomic E-state index is 0.246. The standard InChI is InChI=1S/C42H38Cl4N4O8S2/c43-25-11-15-35(33(45)19-25)49-41-29-21-27(59(53,54)55)13-9-23(29)17-31(41)39(47-49)37(51)7-5-3-1-2-4-6-8-38(52)40-32-18-24-10-14-28(60(56,57)58)22-30(24)42(32)50(48-40)36-16-12-26(44)20-34(36)46/h9-16,19-22,37-38,51-52H,1-8,17-18H2,(H,53,54,55)(H,56,57,58). The van der Waals surface area contributed by atoms with Crippen molar-refractivity contribution in [2.45, 2.75) is 86.2 Å². The molecule has 0 fully saturated rings. The summed E-state index contributed by atoms with van der Waals surface area (Å²) < 4.78 is 70.7. The summed E-state index contributed by atoms with van der Waals surface area (Å²) in [5, 5.41) is 34.0. The Morgan fingerprint density at radius 2 is 0.933 bits per heavy atom. The molecule has 8 rings (SSSR count). The maximum Gasteiger partial charge on any atom is 0.294 e. The van der Waals surface area contributed by atoms with Gasteiger partial charge < -0.3 is 10.2 Å². The third kappa shape index (κ3) is 8.39. The fourth-order valence-corrected chi connectivity index (χ4v) is 10.2. The molecule has 60 heavy (non-hydrogen) atoms. The molecule has 2 unspecified atom stereocenters. The molecule has 4 aromatic carbocycles. The molecule has 6 aromatic rings. The highest BCUT2D eigenvalue weighted by Gasteiger charge is 2.34. The molecule has 12 nitrogen and oxygen atoms in total. The van der Waals surface area contributed by atoms with Crippen molar-refractivity contribution in [2.24, 2.45) is 0 Å². The fourth-order valence-electron chi connectivity index (χ4n) is 8.24. The van der Waals surface area contributed by atoms with E-state index in [9.17, 15) is 36.2 Å². The van der Waals surface area contributed by atoms with E-state index in [2.05, 4.69) is 0 Å². The van der Waals surface area contributed by atoms with Gasteiger partial charge in [-0.3, -0.25) is 9.11 Å². The summed E-state index contributed by atoms with van der Waals surface area (Å²) in [6.07, 6.45) is 4.91. The lowest BCUT2D eigenvalue weighted by molar-refractivity contribution is 0.155. The third-order valence-electron chi connectivity index (χ3n) is 11.1. The Hall–Kier alpha value is -3.80. The first kappa shape index (κ1) is 42.9. The molecule has 0 aliphatic heterocycles. The van der Waals surface area contributed by atoms with Gasteiger partial charge in [0.25, 0.3) is 20.2 Å². The monoisotopic (exact) mass is 930 g/mol. The zero-order valence-corrected chi connectivity index (χ0v) is 36.3. The molecule has 2 atom stereocenters. The van der Waals surface area contributed by atoms with Crippen molar-refractivity contribution >= 4 is 66.6 Å². The van der Waals surface area contributed by atoms with E-state index >= 15 is 0 Å². The summed E-state index contributed by atoms with van der Waals surface area (Å²) in [4.78, 5) is -0.492. The molecule has 2 aliphatic rings. The van der Waals surface area contributed by atoms with Crippen LogP contribution in [0.3, 0.4) is 0 Å². The summed E-state index contributed by atoms with van der Waals surface area (Å²) in [6.45, 7) is 0. The van der Waals surface area contributed by atoms with E-state index in [0.717, 1.165) is 60.8 Å². The fraction of sp³-hybridized carbons (Fsp3) is 0.286. The van der Waals surface area contributed by atoms with Crippen LogP contribution >= 0.6 is 46.4 Å². The third-order valence-corrected chi connectivity index (χ3v) is 13.9. The van der Waals surface area contributed by atoms with Crippen LogP contribution in [0.15, 0.2) is 82.6 Å². The number of hydrogen-bond donors (Lipinski definition) is 4. The molecule has 2 aromatic heterocycles. The van der Waals surface area contributed by atoms with Crippen LogP contribution in [0.25, 0.3) is 33.9 Å². The molecule has 0 spiro atoms. The Labute approximate surface area is 366 Å². The predicted octanol–water partition coefficient (Wildman–Crippen LogP) is 10.2. The molecule has 0 bridgehead atoms. The zero-order chi connectivity index (χ0) is 42.7. The van der Waals surface area contributed by atoms with Gasteiger partial charge in [0.2, 0.25) is 0 Å². The van der Waals surface area contributed by atoms with Crippen molar-refractivity contribution in [2.75, 3.05) is 0 Å². The molecular weight excluding hydrogens is 894 g/mol. The first-order chi connectivity index (χ1) is 28.5. The second-order valence-corrected chi connectivity index (χ2v) is 19.6. The van der Waals surface area contributed by atoms with Gasteiger partial charge in [-0.05, 0) is 84.6 Å². The van der Waals surface area contributed by atoms with Crippen LogP contribution in [0.4, 0.5) is 0 Å². The quantitative estimate of drug-likeness (QED) is 0.0570. The van der Waals surface area contributed by atoms with Crippen molar-refractivity contribution in [3.63, 3.8) is 0 Å². The van der Waals surface area contributed by atoms with Crippen LogP contribution in [0.5, 0.6) is 0 Å². The van der Waals surface area contributed by atoms with E-state index in [1.807, 2.05) is 0 Å². The number of aromatic nitrogens is 4. The molecular formula is C42H38Cl4N4O8S2. The van der Waals surface area contributed by atoms with Crippen molar-refractivity contribution in [3.8, 4) is 33.9 Å². The van der Waals surface area contributed by atoms with E-state index in [0.29, 0.717) is 91.1 Å². The summed E-state index contributed by atoms with van der Waals surface area (Å²) >= 11 is 25.5. The number of fused-ring (bicyclic) bond motifs is 6. The van der Waals surface area contributed by atoms with Gasteiger partial charge in [-0.25, -0.2) is 9.36 Å². The molecule has 0 amide bonds. The summed E-state index contributed by atoms with van der Waals surface area (Å²) in [5.41, 5.74) is 7.48. The van der Waals surface area contributed by atoms with Crippen molar-refractivity contribution < 1.29 is 36.2 Å². The van der Waals surface area contributed by atoms with E-state index in [4.69, 9.17) is 56.6 Å². The number of hydrogen-bond acceptors (Lipinski definition) is 8. The Morgan fingerprint density at radius 3 is 1.30 bits per heavy atom. The summed E-state index contributed by atoms with van der Waals surface area (Å²) in [5.74, 6) is 0. The van der Waals surface area contributed by atoms with E-state index in [-0.39, 0.29) is 9.79 Å². The number of halogens is 4. The van der Waals surface area contributed by atoms with Gasteiger partial charge in [0.1, 0.15) is 0 Å². The maximum atomic E-state index is 12.0. The van der Waals surface area contributed by atoms with E-state index in [1.165, 1.54) is 24.3 Å². The number of benzene rings is 4. The highest BCUT2D eigenvalue weighted by Crippen LogP contribution is 2.46. The number of nitrogens with zero attached hydrogens (tertiary/aromatic N) is 4. The van der Waals surface area contributed by atoms with Crippen LogP contribution < -0.4 is 0 Å². The Bertz CT molecular complexity index is 2700. The van der Waals surface area contributed by atoms with E-state index in [1.54, 1.807) is 57.9 Å². The predicted molar refractivity (Wildman–Crippen MR) is 230 cm³/mol. The second kappa shape index (κ2) is 16.8. The first-order valence-electron chi connectivity index (χ1n) is 19.2. The molecule has 0 radical (unpaired) electrons. The van der Waals surface area contributed by atoms with Crippen molar-refractivity contribution in [1.29, 1.82) is 0 Å². The number of unbranched alkanes of at least 4 members (excludes halogenated alkanes) is 5. The van der Waals surface area contributed by atoms with Crippen LogP contribution in [-0.4, -0.2) is 55.7 Å². The molecule has 0 saturated carbocycles. The van der Waals surface area contributed by atoms with Gasteiger partial charge in [0, 0.05) is 45.1 Å². The highest BCUT2D eigenvalue weighted by molar-refractivity contribution is 7.86. The average molecular weight is 933 g/mol. The zero-order valence-electron chi connectivity index (χ0n) is 31.7. The SMILES string of the molecule is O=S(=O)(O)c1ccc2c(c1)-c1c(c(C(O)CCCCCCCCC(O)c3nn(-c4ccc(Cl)cc4Cl)c4c3Cc3ccc(S(=O)(=O)O)cc3-4)nn1-c1ccc(Cl)cc1Cl)C2. The van der Waals surface area contributed by atoms with Gasteiger partial charge in [-0.15, -0.1) is 0 Å². The molecule has 2 aliphatic carbocycles. The van der Waals surface area contributed by atoms with E-state index < -0.39 is 32.4 Å². The maximum absolute atomic E-state index is 12.0. The topological polar surface area (TPSA) is 185 Å². The van der Waals surface area contributed by atoms with Gasteiger partial charge in [-0.1, -0.05) is 97.1 Å². The molecule has 4 N–H and O–H groups in total. The lowest BCUT2D eigenvalue weighted by Crippen LogP contribution is -2.05. The van der Waals surface area contributed by atoms with Gasteiger partial charge >= 0.3 is 0 Å². The smallest absolute Gasteiger partial charge is 0.294 e. The minimum atomic E-state index is -4.46. The van der Waals surface area contributed by atoms with Crippen molar-refractivity contribution in [1.82, 2.24) is 19.6 Å². The molecule has 18 heteroatoms. The van der Waals surface area contributed by atoms with Crippen LogP contribution in [0.1, 0.15) is 97.2 Å². The highest BCUT2D eigenvalue weighted by atomic mass is 35.5. The molecule has 314 valence electrons. The van der Waals surface area contributed by atoms with Crippen LogP contribution in [-0.2, 0) is 33.1 Å². The molecule has 0 saturated heterocycles. The largest absolute Gasteiger partial charge is 0.387 e. The number of aliphatic hydroxyl groups is 2. The van der Waals surface area contributed by atoms with Crippen LogP contribution in [0.2, 0.25) is 20.1 Å². The molecule has 2 heterocycles. The van der Waals surface area contributed by atoms with Gasteiger partial charge in [0.15, 0.2) is 0 Å². The average Bonchev–Trinajstić information content (AvgIpc) is 3.94. The lowest BCUT2D eigenvalue weighted by Gasteiger charge is -2.12. The Kier molecular flexibility index (Phi) is 12.0. The minimum Gasteiger partial charge on any atom is -0.387 e. The normalized spacial score (nSPS) is 14.2. The van der Waals surface area contributed by atoms with Crippen LogP contribution in [0, 0.1) is 0 Å². The Balaban J connectivity index is 0.901. The summed E-state index contributed by atoms with van der Waals surface area (Å²) in [7, 11) is -8.93. The summed E-state index contributed by atoms with van der Waals surface area (Å²) in [6, 6.07) is 18.8. The van der Waals surface area contributed by atoms with Gasteiger partial charge in [0.05, 0.1) is 66.2 Å². The van der Waals surface area contributed by atoms with Gasteiger partial charge in [-0.2, -0.15) is 27.0 Å². The number of rotatable bonds is 15. The second-order valence-electron chi connectivity index (χ2n) is 15.1. The number of aliphatic hydroxyl groups excluding tert-OH is 2. The lowest BCUT2D eigenvalue weighted by atomic mass is 10.0. The first-order valence-corrected chi connectivity index (χ1v) is 23.6. The Morgan fingerprint density at radius 1 is 0.550 bits per heavy atom.